The van der Waals surface area contributed by atoms with E-state index in [4.69, 9.17) is 0 Å². The lowest BCUT2D eigenvalue weighted by atomic mass is 10.1. The lowest BCUT2D eigenvalue weighted by molar-refractivity contribution is -0.107. The standard InChI is InChI=1S/C10H19NOS/c1-9-8-13-10(11-9)6-4-2-3-5-7-12/h7,9-11H,2-6,8H2,1H3. The number of rotatable bonds is 6. The summed E-state index contributed by atoms with van der Waals surface area (Å²) >= 11 is 2.03. The van der Waals surface area contributed by atoms with Crippen LogP contribution in [0.3, 0.4) is 0 Å². The average molecular weight is 201 g/mol. The second-order valence-corrected chi connectivity index (χ2v) is 4.93. The van der Waals surface area contributed by atoms with Crippen LogP contribution in [0.5, 0.6) is 0 Å². The van der Waals surface area contributed by atoms with Crippen molar-refractivity contribution in [2.24, 2.45) is 0 Å². The number of hydrogen-bond donors (Lipinski definition) is 1. The van der Waals surface area contributed by atoms with Crippen molar-refractivity contribution in [3.63, 3.8) is 0 Å². The predicted molar refractivity (Wildman–Crippen MR) is 58.0 cm³/mol. The van der Waals surface area contributed by atoms with Crippen LogP contribution in [-0.4, -0.2) is 23.5 Å². The van der Waals surface area contributed by atoms with Crippen molar-refractivity contribution in [2.45, 2.75) is 50.4 Å². The summed E-state index contributed by atoms with van der Waals surface area (Å²) in [4.78, 5) is 10.1. The smallest absolute Gasteiger partial charge is 0.119 e. The van der Waals surface area contributed by atoms with Gasteiger partial charge in [0, 0.05) is 18.2 Å². The third-order valence-corrected chi connectivity index (χ3v) is 3.77. The van der Waals surface area contributed by atoms with Crippen molar-refractivity contribution >= 4 is 18.0 Å². The van der Waals surface area contributed by atoms with Crippen molar-refractivity contribution < 1.29 is 4.79 Å². The topological polar surface area (TPSA) is 29.1 Å². The van der Waals surface area contributed by atoms with E-state index in [9.17, 15) is 4.79 Å². The Hall–Kier alpha value is -0.0200. The minimum Gasteiger partial charge on any atom is -0.303 e. The van der Waals surface area contributed by atoms with E-state index >= 15 is 0 Å². The summed E-state index contributed by atoms with van der Waals surface area (Å²) in [7, 11) is 0. The zero-order chi connectivity index (χ0) is 9.52. The Morgan fingerprint density at radius 1 is 1.46 bits per heavy atom. The molecule has 1 rings (SSSR count). The highest BCUT2D eigenvalue weighted by Gasteiger charge is 2.19. The average Bonchev–Trinajstić information content (AvgIpc) is 2.51. The van der Waals surface area contributed by atoms with Crippen molar-refractivity contribution in [3.8, 4) is 0 Å². The first-order chi connectivity index (χ1) is 6.33. The lowest BCUT2D eigenvalue weighted by Crippen LogP contribution is -2.26. The van der Waals surface area contributed by atoms with Crippen LogP contribution in [0.4, 0.5) is 0 Å². The second kappa shape index (κ2) is 6.44. The van der Waals surface area contributed by atoms with Gasteiger partial charge in [-0.2, -0.15) is 0 Å². The maximum absolute atomic E-state index is 10.1. The largest absolute Gasteiger partial charge is 0.303 e. The molecule has 1 N–H and O–H groups in total. The van der Waals surface area contributed by atoms with E-state index < -0.39 is 0 Å². The molecule has 0 aromatic carbocycles. The SMILES string of the molecule is CC1CSC(CCCCCC=O)N1. The van der Waals surface area contributed by atoms with Gasteiger partial charge >= 0.3 is 0 Å². The van der Waals surface area contributed by atoms with Crippen LogP contribution in [0.15, 0.2) is 0 Å². The third-order valence-electron chi connectivity index (χ3n) is 2.31. The van der Waals surface area contributed by atoms with E-state index in [2.05, 4.69) is 12.2 Å². The van der Waals surface area contributed by atoms with Crippen molar-refractivity contribution in [1.29, 1.82) is 0 Å². The molecule has 0 bridgehead atoms. The first kappa shape index (κ1) is 11.1. The Bertz CT molecular complexity index is 152. The Balaban J connectivity index is 1.91. The molecule has 0 aliphatic carbocycles. The lowest BCUT2D eigenvalue weighted by Gasteiger charge is -2.09. The Kier molecular flexibility index (Phi) is 5.47. The maximum atomic E-state index is 10.1. The fourth-order valence-electron chi connectivity index (χ4n) is 1.57. The van der Waals surface area contributed by atoms with Crippen LogP contribution in [-0.2, 0) is 4.79 Å². The molecule has 2 unspecified atom stereocenters. The first-order valence-electron chi connectivity index (χ1n) is 5.14. The van der Waals surface area contributed by atoms with Crippen LogP contribution >= 0.6 is 11.8 Å². The molecule has 0 radical (unpaired) electrons. The van der Waals surface area contributed by atoms with E-state index in [1.807, 2.05) is 11.8 Å². The minimum atomic E-state index is 0.672. The number of carbonyl (C=O) groups excluding carboxylic acids is 1. The fraction of sp³-hybridized carbons (Fsp3) is 0.900. The Morgan fingerprint density at radius 2 is 2.31 bits per heavy atom. The number of hydrogen-bond acceptors (Lipinski definition) is 3. The van der Waals surface area contributed by atoms with Gasteiger partial charge < -0.3 is 10.1 Å². The molecule has 1 heterocycles. The Morgan fingerprint density at radius 3 is 2.92 bits per heavy atom. The summed E-state index contributed by atoms with van der Waals surface area (Å²) in [5.74, 6) is 1.25. The van der Waals surface area contributed by atoms with Crippen LogP contribution in [0.1, 0.15) is 39.0 Å². The summed E-state index contributed by atoms with van der Waals surface area (Å²) in [6, 6.07) is 0.685. The van der Waals surface area contributed by atoms with Crippen molar-refractivity contribution in [2.75, 3.05) is 5.75 Å². The molecule has 0 aromatic rings. The molecule has 1 saturated heterocycles. The van der Waals surface area contributed by atoms with Crippen LogP contribution in [0.25, 0.3) is 0 Å². The van der Waals surface area contributed by atoms with E-state index in [0.717, 1.165) is 19.1 Å². The molecule has 1 aliphatic heterocycles. The predicted octanol–water partition coefficient (Wildman–Crippen LogP) is 2.19. The molecular weight excluding hydrogens is 182 g/mol. The minimum absolute atomic E-state index is 0.672. The zero-order valence-electron chi connectivity index (χ0n) is 8.29. The van der Waals surface area contributed by atoms with Crippen LogP contribution in [0, 0.1) is 0 Å². The highest BCUT2D eigenvalue weighted by atomic mass is 32.2. The van der Waals surface area contributed by atoms with Gasteiger partial charge in [-0.25, -0.2) is 0 Å². The summed E-state index contributed by atoms with van der Waals surface area (Å²) < 4.78 is 0. The van der Waals surface area contributed by atoms with Gasteiger partial charge in [-0.3, -0.25) is 0 Å². The molecule has 76 valence electrons. The van der Waals surface area contributed by atoms with Crippen LogP contribution < -0.4 is 5.32 Å². The summed E-state index contributed by atoms with van der Waals surface area (Å²) in [6.07, 6.45) is 6.54. The van der Waals surface area contributed by atoms with Gasteiger partial charge in [-0.15, -0.1) is 11.8 Å². The van der Waals surface area contributed by atoms with Gasteiger partial charge in [-0.1, -0.05) is 12.8 Å². The monoisotopic (exact) mass is 201 g/mol. The fourth-order valence-corrected chi connectivity index (χ4v) is 2.85. The molecule has 2 atom stereocenters. The third kappa shape index (κ3) is 4.67. The molecule has 13 heavy (non-hydrogen) atoms. The number of carbonyl (C=O) groups is 1. The Labute approximate surface area is 84.9 Å². The molecule has 3 heteroatoms. The highest BCUT2D eigenvalue weighted by molar-refractivity contribution is 8.00. The van der Waals surface area contributed by atoms with Gasteiger partial charge in [0.2, 0.25) is 0 Å². The van der Waals surface area contributed by atoms with E-state index in [0.29, 0.717) is 11.4 Å². The second-order valence-electron chi connectivity index (χ2n) is 3.69. The molecule has 2 nitrogen and oxygen atoms in total. The number of nitrogens with one attached hydrogen (secondary N) is 1. The van der Waals surface area contributed by atoms with E-state index in [1.165, 1.54) is 25.0 Å². The van der Waals surface area contributed by atoms with Crippen LogP contribution in [0.2, 0.25) is 0 Å². The normalized spacial score (nSPS) is 27.8. The maximum Gasteiger partial charge on any atom is 0.119 e. The molecular formula is C10H19NOS. The quantitative estimate of drug-likeness (QED) is 0.527. The molecule has 0 amide bonds. The van der Waals surface area contributed by atoms with Crippen molar-refractivity contribution in [3.05, 3.63) is 0 Å². The summed E-state index contributed by atoms with van der Waals surface area (Å²) in [5.41, 5.74) is 0. The zero-order valence-corrected chi connectivity index (χ0v) is 9.11. The van der Waals surface area contributed by atoms with E-state index in [-0.39, 0.29) is 0 Å². The number of aldehydes is 1. The molecule has 0 spiro atoms. The van der Waals surface area contributed by atoms with Crippen molar-refractivity contribution in [1.82, 2.24) is 5.32 Å². The molecule has 1 aliphatic rings. The molecule has 0 aromatic heterocycles. The molecule has 1 fully saturated rings. The number of unbranched alkanes of at least 4 members (excludes halogenated alkanes) is 3. The first-order valence-corrected chi connectivity index (χ1v) is 6.19. The van der Waals surface area contributed by atoms with Gasteiger partial charge in [0.1, 0.15) is 6.29 Å². The van der Waals surface area contributed by atoms with Gasteiger partial charge in [0.05, 0.1) is 5.37 Å². The summed E-state index contributed by atoms with van der Waals surface area (Å²) in [6.45, 7) is 2.24. The number of thioether (sulfide) groups is 1. The molecule has 0 saturated carbocycles. The van der Waals surface area contributed by atoms with Gasteiger partial charge in [0.15, 0.2) is 0 Å². The van der Waals surface area contributed by atoms with Gasteiger partial charge in [0.25, 0.3) is 0 Å². The highest BCUT2D eigenvalue weighted by Crippen LogP contribution is 2.22. The van der Waals surface area contributed by atoms with Gasteiger partial charge in [-0.05, 0) is 19.8 Å². The van der Waals surface area contributed by atoms with E-state index in [1.54, 1.807) is 0 Å². The summed E-state index contributed by atoms with van der Waals surface area (Å²) in [5, 5.41) is 4.21.